The van der Waals surface area contributed by atoms with Crippen molar-refractivity contribution in [2.45, 2.75) is 45.2 Å². The highest BCUT2D eigenvalue weighted by molar-refractivity contribution is 7.09. The van der Waals surface area contributed by atoms with Crippen LogP contribution >= 0.6 is 11.3 Å². The van der Waals surface area contributed by atoms with Crippen LogP contribution in [0.15, 0.2) is 17.5 Å². The first kappa shape index (κ1) is 13.6. The van der Waals surface area contributed by atoms with Gasteiger partial charge in [0.25, 0.3) is 0 Å². The summed E-state index contributed by atoms with van der Waals surface area (Å²) in [6, 6.07) is 4.46. The van der Waals surface area contributed by atoms with E-state index in [9.17, 15) is 4.79 Å². The minimum Gasteiger partial charge on any atom is -0.466 e. The minimum absolute atomic E-state index is 0.0759. The largest absolute Gasteiger partial charge is 0.466 e. The van der Waals surface area contributed by atoms with Gasteiger partial charge in [-0.2, -0.15) is 0 Å². The smallest absolute Gasteiger partial charge is 0.307 e. The molecule has 1 heterocycles. The Balaban J connectivity index is 1.82. The zero-order chi connectivity index (χ0) is 12.8. The molecule has 100 valence electrons. The summed E-state index contributed by atoms with van der Waals surface area (Å²) in [4.78, 5) is 12.9. The number of carbonyl (C=O) groups is 1. The van der Waals surface area contributed by atoms with Gasteiger partial charge in [-0.05, 0) is 37.1 Å². The molecule has 4 heteroatoms. The summed E-state index contributed by atoms with van der Waals surface area (Å²) in [6.07, 6.45) is 4.28. The number of carbonyl (C=O) groups excluding carboxylic acids is 1. The van der Waals surface area contributed by atoms with E-state index in [4.69, 9.17) is 4.74 Å². The van der Waals surface area contributed by atoms with E-state index in [-0.39, 0.29) is 12.0 Å². The highest BCUT2D eigenvalue weighted by Crippen LogP contribution is 2.31. The second kappa shape index (κ2) is 6.90. The fraction of sp³-hybridized carbons (Fsp3) is 0.643. The number of thiophene rings is 1. The van der Waals surface area contributed by atoms with Gasteiger partial charge in [0.05, 0.1) is 13.0 Å². The van der Waals surface area contributed by atoms with Crippen LogP contribution in [-0.2, 0) is 16.1 Å². The predicted molar refractivity (Wildman–Crippen MR) is 73.5 cm³/mol. The Morgan fingerprint density at radius 1 is 1.61 bits per heavy atom. The number of hydrogen-bond acceptors (Lipinski definition) is 4. The van der Waals surface area contributed by atoms with Gasteiger partial charge in [0.15, 0.2) is 0 Å². The van der Waals surface area contributed by atoms with Crippen molar-refractivity contribution in [3.63, 3.8) is 0 Å². The van der Waals surface area contributed by atoms with Gasteiger partial charge in [-0.1, -0.05) is 12.5 Å². The van der Waals surface area contributed by atoms with Gasteiger partial charge >= 0.3 is 5.97 Å². The molecule has 1 aliphatic rings. The van der Waals surface area contributed by atoms with E-state index in [1.807, 2.05) is 6.92 Å². The molecule has 0 amide bonds. The Kier molecular flexibility index (Phi) is 5.20. The summed E-state index contributed by atoms with van der Waals surface area (Å²) in [6.45, 7) is 3.19. The van der Waals surface area contributed by atoms with E-state index in [2.05, 4.69) is 22.8 Å². The second-order valence-electron chi connectivity index (χ2n) is 4.77. The molecular formula is C14H21NO2S. The number of esters is 1. The van der Waals surface area contributed by atoms with Crippen molar-refractivity contribution >= 4 is 17.3 Å². The molecule has 1 N–H and O–H groups in total. The minimum atomic E-state index is -0.0759. The van der Waals surface area contributed by atoms with Crippen molar-refractivity contribution < 1.29 is 9.53 Å². The molecule has 18 heavy (non-hydrogen) atoms. The molecule has 1 aromatic rings. The summed E-state index contributed by atoms with van der Waals surface area (Å²) < 4.78 is 5.05. The van der Waals surface area contributed by atoms with E-state index < -0.39 is 0 Å². The molecule has 2 rings (SSSR count). The molecule has 1 fully saturated rings. The molecule has 1 aromatic heterocycles. The van der Waals surface area contributed by atoms with Crippen LogP contribution in [0.25, 0.3) is 0 Å². The number of nitrogens with one attached hydrogen (secondary N) is 1. The second-order valence-corrected chi connectivity index (χ2v) is 5.80. The first-order valence-corrected chi connectivity index (χ1v) is 7.59. The molecule has 0 saturated heterocycles. The predicted octanol–water partition coefficient (Wildman–Crippen LogP) is 2.96. The summed E-state index contributed by atoms with van der Waals surface area (Å²) in [5.41, 5.74) is 0. The van der Waals surface area contributed by atoms with Gasteiger partial charge < -0.3 is 10.1 Å². The number of ether oxygens (including phenoxy) is 1. The Bertz CT molecular complexity index is 360. The Morgan fingerprint density at radius 2 is 2.44 bits per heavy atom. The lowest BCUT2D eigenvalue weighted by molar-refractivity contribution is -0.144. The topological polar surface area (TPSA) is 38.3 Å². The Hall–Kier alpha value is -0.870. The maximum atomic E-state index is 11.6. The molecule has 0 aromatic carbocycles. The lowest BCUT2D eigenvalue weighted by Crippen LogP contribution is -2.40. The van der Waals surface area contributed by atoms with E-state index in [1.165, 1.54) is 24.1 Å². The molecule has 0 spiro atoms. The lowest BCUT2D eigenvalue weighted by atomic mass is 9.78. The van der Waals surface area contributed by atoms with Gasteiger partial charge in [0, 0.05) is 17.5 Å². The van der Waals surface area contributed by atoms with Crippen molar-refractivity contribution in [1.82, 2.24) is 5.32 Å². The molecule has 1 saturated carbocycles. The van der Waals surface area contributed by atoms with Gasteiger partial charge in [-0.25, -0.2) is 0 Å². The third kappa shape index (κ3) is 3.82. The molecule has 1 aliphatic carbocycles. The quantitative estimate of drug-likeness (QED) is 0.772. The first-order valence-electron chi connectivity index (χ1n) is 6.71. The van der Waals surface area contributed by atoms with Crippen LogP contribution in [0.1, 0.15) is 37.5 Å². The standard InChI is InChI=1S/C14H21NO2S/c1-2-17-14(16)9-13(11-5-3-6-11)15-10-12-7-4-8-18-12/h4,7-8,11,13,15H,2-3,5-6,9-10H2,1H3. The van der Waals surface area contributed by atoms with Crippen molar-refractivity contribution in [2.24, 2.45) is 5.92 Å². The van der Waals surface area contributed by atoms with Crippen LogP contribution in [0, 0.1) is 5.92 Å². The van der Waals surface area contributed by atoms with Crippen molar-refractivity contribution in [1.29, 1.82) is 0 Å². The summed E-state index contributed by atoms with van der Waals surface area (Å²) in [7, 11) is 0. The van der Waals surface area contributed by atoms with E-state index in [0.29, 0.717) is 18.9 Å². The average molecular weight is 267 g/mol. The monoisotopic (exact) mass is 267 g/mol. The maximum Gasteiger partial charge on any atom is 0.307 e. The van der Waals surface area contributed by atoms with Crippen LogP contribution in [0.2, 0.25) is 0 Å². The first-order chi connectivity index (χ1) is 8.79. The Labute approximate surface area is 113 Å². The average Bonchev–Trinajstić information content (AvgIpc) is 2.76. The number of rotatable bonds is 7. The van der Waals surface area contributed by atoms with Gasteiger partial charge in [0.1, 0.15) is 0 Å². The van der Waals surface area contributed by atoms with Crippen molar-refractivity contribution in [2.75, 3.05) is 6.61 Å². The summed E-state index contributed by atoms with van der Waals surface area (Å²) in [5, 5.41) is 5.61. The maximum absolute atomic E-state index is 11.6. The summed E-state index contributed by atoms with van der Waals surface area (Å²) in [5.74, 6) is 0.572. The molecule has 0 radical (unpaired) electrons. The van der Waals surface area contributed by atoms with Crippen LogP contribution in [0.5, 0.6) is 0 Å². The van der Waals surface area contributed by atoms with Crippen molar-refractivity contribution in [3.8, 4) is 0 Å². The van der Waals surface area contributed by atoms with Gasteiger partial charge in [0.2, 0.25) is 0 Å². The van der Waals surface area contributed by atoms with Gasteiger partial charge in [-0.3, -0.25) is 4.79 Å². The molecule has 1 atom stereocenters. The summed E-state index contributed by atoms with van der Waals surface area (Å²) >= 11 is 1.75. The normalized spacial score (nSPS) is 17.2. The van der Waals surface area contributed by atoms with E-state index in [0.717, 1.165) is 6.54 Å². The van der Waals surface area contributed by atoms with Crippen molar-refractivity contribution in [3.05, 3.63) is 22.4 Å². The van der Waals surface area contributed by atoms with E-state index >= 15 is 0 Å². The molecule has 0 bridgehead atoms. The molecular weight excluding hydrogens is 246 g/mol. The third-order valence-electron chi connectivity index (χ3n) is 3.53. The van der Waals surface area contributed by atoms with Crippen LogP contribution < -0.4 is 5.32 Å². The van der Waals surface area contributed by atoms with Crippen LogP contribution in [-0.4, -0.2) is 18.6 Å². The molecule has 1 unspecified atom stereocenters. The fourth-order valence-corrected chi connectivity index (χ4v) is 2.95. The lowest BCUT2D eigenvalue weighted by Gasteiger charge is -2.33. The highest BCUT2D eigenvalue weighted by atomic mass is 32.1. The van der Waals surface area contributed by atoms with E-state index in [1.54, 1.807) is 11.3 Å². The van der Waals surface area contributed by atoms with Gasteiger partial charge in [-0.15, -0.1) is 11.3 Å². The number of hydrogen-bond donors (Lipinski definition) is 1. The molecule has 3 nitrogen and oxygen atoms in total. The zero-order valence-corrected chi connectivity index (χ0v) is 11.7. The molecule has 0 aliphatic heterocycles. The third-order valence-corrected chi connectivity index (χ3v) is 4.41. The fourth-order valence-electron chi connectivity index (χ4n) is 2.29. The zero-order valence-electron chi connectivity index (χ0n) is 10.9. The Morgan fingerprint density at radius 3 is 3.00 bits per heavy atom. The van der Waals surface area contributed by atoms with Crippen LogP contribution in [0.4, 0.5) is 0 Å². The SMILES string of the molecule is CCOC(=O)CC(NCc1cccs1)C1CCC1. The van der Waals surface area contributed by atoms with Crippen LogP contribution in [0.3, 0.4) is 0 Å². The highest BCUT2D eigenvalue weighted by Gasteiger charge is 2.29.